The van der Waals surface area contributed by atoms with Crippen LogP contribution in [-0.4, -0.2) is 20.6 Å². The van der Waals surface area contributed by atoms with E-state index >= 15 is 0 Å². The second-order valence-electron chi connectivity index (χ2n) is 3.37. The van der Waals surface area contributed by atoms with Crippen LogP contribution in [0.15, 0.2) is 0 Å². The van der Waals surface area contributed by atoms with Crippen molar-refractivity contribution in [3.05, 3.63) is 5.92 Å². The lowest BCUT2D eigenvalue weighted by atomic mass is 9.89. The van der Waals surface area contributed by atoms with Gasteiger partial charge in [0.1, 0.15) is 0 Å². The molecule has 0 heterocycles. The molecule has 1 N–H and O–H groups in total. The van der Waals surface area contributed by atoms with E-state index in [1.54, 1.807) is 0 Å². The first-order valence-corrected chi connectivity index (χ1v) is 6.25. The molecule has 0 unspecified atom stereocenters. The van der Waals surface area contributed by atoms with Crippen LogP contribution >= 0.6 is 0 Å². The largest absolute Gasteiger partial charge is 0.273 e. The van der Waals surface area contributed by atoms with Gasteiger partial charge in [0.25, 0.3) is 0 Å². The maximum atomic E-state index is 11.3. The molecule has 1 amide bonds. The summed E-state index contributed by atoms with van der Waals surface area (Å²) < 4.78 is 23.5. The van der Waals surface area contributed by atoms with Gasteiger partial charge in [-0.1, -0.05) is 19.3 Å². The summed E-state index contributed by atoms with van der Waals surface area (Å²) in [5, 5.41) is 0. The van der Waals surface area contributed by atoms with Crippen LogP contribution in [0.5, 0.6) is 0 Å². The van der Waals surface area contributed by atoms with Crippen molar-refractivity contribution < 1.29 is 13.2 Å². The molecule has 1 fully saturated rings. The predicted octanol–water partition coefficient (Wildman–Crippen LogP) is 0.601. The lowest BCUT2D eigenvalue weighted by Gasteiger charge is -2.19. The van der Waals surface area contributed by atoms with E-state index in [1.807, 2.05) is 4.72 Å². The summed E-state index contributed by atoms with van der Waals surface area (Å²) in [6.45, 7) is 0. The normalized spacial score (nSPS) is 19.8. The zero-order valence-corrected chi connectivity index (χ0v) is 8.49. The summed E-state index contributed by atoms with van der Waals surface area (Å²) in [5.41, 5.74) is 0. The summed E-state index contributed by atoms with van der Waals surface area (Å²) in [7, 11) is -3.39. The standard InChI is InChI=1S/C8H14NO3S/c1-13(11,12)9-8(10)7-5-3-2-4-6-7/h2-6H2,1H3,(H,9,10). The van der Waals surface area contributed by atoms with E-state index in [-0.39, 0.29) is 0 Å². The van der Waals surface area contributed by atoms with Gasteiger partial charge in [0.2, 0.25) is 15.9 Å². The van der Waals surface area contributed by atoms with Crippen molar-refractivity contribution in [3.63, 3.8) is 0 Å². The molecule has 0 bridgehead atoms. The number of rotatable bonds is 2. The molecule has 5 heteroatoms. The van der Waals surface area contributed by atoms with Gasteiger partial charge < -0.3 is 0 Å². The van der Waals surface area contributed by atoms with Crippen molar-refractivity contribution in [2.75, 3.05) is 6.26 Å². The van der Waals surface area contributed by atoms with Crippen LogP contribution in [0.3, 0.4) is 0 Å². The molecule has 0 aromatic heterocycles. The zero-order valence-electron chi connectivity index (χ0n) is 7.67. The van der Waals surface area contributed by atoms with E-state index in [2.05, 4.69) is 0 Å². The summed E-state index contributed by atoms with van der Waals surface area (Å²) >= 11 is 0. The fraction of sp³-hybridized carbons (Fsp3) is 0.750. The molecule has 0 spiro atoms. The Balaban J connectivity index is 2.47. The number of hydrogen-bond acceptors (Lipinski definition) is 3. The van der Waals surface area contributed by atoms with Gasteiger partial charge in [-0.3, -0.25) is 9.52 Å². The van der Waals surface area contributed by atoms with Crippen LogP contribution in [0.4, 0.5) is 0 Å². The van der Waals surface area contributed by atoms with Crippen LogP contribution in [0, 0.1) is 5.92 Å². The molecule has 1 radical (unpaired) electrons. The summed E-state index contributed by atoms with van der Waals surface area (Å²) in [6.07, 6.45) is 5.59. The Morgan fingerprint density at radius 3 is 2.23 bits per heavy atom. The Labute approximate surface area is 78.8 Å². The van der Waals surface area contributed by atoms with Gasteiger partial charge in [0.15, 0.2) is 0 Å². The number of carbonyl (C=O) groups excluding carboxylic acids is 1. The first kappa shape index (κ1) is 10.5. The highest BCUT2D eigenvalue weighted by molar-refractivity contribution is 7.89. The lowest BCUT2D eigenvalue weighted by Crippen LogP contribution is -2.34. The average Bonchev–Trinajstić information content (AvgIpc) is 2.03. The fourth-order valence-electron chi connectivity index (χ4n) is 1.45. The van der Waals surface area contributed by atoms with E-state index in [0.717, 1.165) is 44.3 Å². The Morgan fingerprint density at radius 1 is 1.23 bits per heavy atom. The molecule has 4 nitrogen and oxygen atoms in total. The molecule has 0 aromatic carbocycles. The second kappa shape index (κ2) is 4.09. The molecule has 13 heavy (non-hydrogen) atoms. The van der Waals surface area contributed by atoms with E-state index in [4.69, 9.17) is 0 Å². The third-order valence-electron chi connectivity index (χ3n) is 2.06. The summed E-state index contributed by atoms with van der Waals surface area (Å²) in [4.78, 5) is 11.3. The molecule has 1 rings (SSSR count). The maximum absolute atomic E-state index is 11.3. The Hall–Kier alpha value is -0.580. The lowest BCUT2D eigenvalue weighted by molar-refractivity contribution is -0.118. The molecule has 0 atom stereocenters. The van der Waals surface area contributed by atoms with Gasteiger partial charge in [0.05, 0.1) is 12.2 Å². The Morgan fingerprint density at radius 2 is 1.77 bits per heavy atom. The van der Waals surface area contributed by atoms with Gasteiger partial charge in [-0.2, -0.15) is 0 Å². The van der Waals surface area contributed by atoms with E-state index in [9.17, 15) is 13.2 Å². The highest BCUT2D eigenvalue weighted by atomic mass is 32.2. The third-order valence-corrected chi connectivity index (χ3v) is 2.61. The molecule has 1 saturated carbocycles. The average molecular weight is 204 g/mol. The quantitative estimate of drug-likeness (QED) is 0.716. The molecular formula is C8H14NO3S. The van der Waals surface area contributed by atoms with E-state index in [1.165, 1.54) is 0 Å². The minimum absolute atomic E-state index is 0.415. The number of nitrogens with one attached hydrogen (secondary N) is 1. The summed E-state index contributed by atoms with van der Waals surface area (Å²) in [5.74, 6) is 0.305. The van der Waals surface area contributed by atoms with Crippen molar-refractivity contribution in [3.8, 4) is 0 Å². The molecule has 1 aliphatic rings. The number of sulfonamides is 1. The first-order valence-electron chi connectivity index (χ1n) is 4.36. The van der Waals surface area contributed by atoms with Crippen molar-refractivity contribution in [2.24, 2.45) is 0 Å². The minimum Gasteiger partial charge on any atom is -0.273 e. The number of amides is 1. The van der Waals surface area contributed by atoms with Gasteiger partial charge in [-0.05, 0) is 12.8 Å². The number of hydrogen-bond donors (Lipinski definition) is 1. The van der Waals surface area contributed by atoms with Crippen LogP contribution in [-0.2, 0) is 14.8 Å². The topological polar surface area (TPSA) is 63.2 Å². The molecule has 75 valence electrons. The van der Waals surface area contributed by atoms with E-state index in [0.29, 0.717) is 0 Å². The molecule has 0 saturated heterocycles. The van der Waals surface area contributed by atoms with Crippen LogP contribution in [0.1, 0.15) is 32.1 Å². The Bertz CT molecular complexity index is 278. The highest BCUT2D eigenvalue weighted by Crippen LogP contribution is 2.25. The smallest absolute Gasteiger partial charge is 0.240 e. The van der Waals surface area contributed by atoms with Gasteiger partial charge >= 0.3 is 0 Å². The van der Waals surface area contributed by atoms with Crippen molar-refractivity contribution >= 4 is 15.9 Å². The van der Waals surface area contributed by atoms with Crippen LogP contribution in [0.2, 0.25) is 0 Å². The SMILES string of the molecule is CS(=O)(=O)NC(=O)[C]1CCCCC1. The molecular weight excluding hydrogens is 190 g/mol. The molecule has 0 aromatic rings. The second-order valence-corrected chi connectivity index (χ2v) is 5.12. The maximum Gasteiger partial charge on any atom is 0.240 e. The minimum atomic E-state index is -3.39. The van der Waals surface area contributed by atoms with Crippen molar-refractivity contribution in [2.45, 2.75) is 32.1 Å². The van der Waals surface area contributed by atoms with Crippen LogP contribution < -0.4 is 4.72 Å². The summed E-state index contributed by atoms with van der Waals surface area (Å²) in [6, 6.07) is 0. The zero-order chi connectivity index (χ0) is 9.90. The molecule has 0 aliphatic heterocycles. The third kappa shape index (κ3) is 3.76. The van der Waals surface area contributed by atoms with Gasteiger partial charge in [-0.15, -0.1) is 0 Å². The Kier molecular flexibility index (Phi) is 3.30. The van der Waals surface area contributed by atoms with Crippen LogP contribution in [0.25, 0.3) is 0 Å². The monoisotopic (exact) mass is 204 g/mol. The first-order chi connectivity index (χ1) is 5.99. The van der Waals surface area contributed by atoms with Crippen molar-refractivity contribution in [1.82, 2.24) is 4.72 Å². The van der Waals surface area contributed by atoms with E-state index < -0.39 is 15.9 Å². The molecule has 1 aliphatic carbocycles. The highest BCUT2D eigenvalue weighted by Gasteiger charge is 2.23. The predicted molar refractivity (Wildman–Crippen MR) is 49.3 cm³/mol. The van der Waals surface area contributed by atoms with Crippen molar-refractivity contribution in [1.29, 1.82) is 0 Å². The fourth-order valence-corrected chi connectivity index (χ4v) is 1.93. The number of carbonyl (C=O) groups is 1. The van der Waals surface area contributed by atoms with Gasteiger partial charge in [0, 0.05) is 0 Å². The van der Waals surface area contributed by atoms with Gasteiger partial charge in [-0.25, -0.2) is 8.42 Å².